The van der Waals surface area contributed by atoms with E-state index in [1.165, 1.54) is 19.3 Å². The van der Waals surface area contributed by atoms with Crippen LogP contribution in [0, 0.1) is 0 Å². The molecule has 0 amide bonds. The summed E-state index contributed by atoms with van der Waals surface area (Å²) in [5, 5.41) is 9.04. The molecule has 1 N–H and O–H groups in total. The van der Waals surface area contributed by atoms with E-state index in [0.717, 1.165) is 12.8 Å². The van der Waals surface area contributed by atoms with Gasteiger partial charge in [0.2, 0.25) is 0 Å². The Kier molecular flexibility index (Phi) is 3.30. The van der Waals surface area contributed by atoms with Crippen molar-refractivity contribution in [1.29, 1.82) is 0 Å². The van der Waals surface area contributed by atoms with Gasteiger partial charge < -0.3 is 5.11 Å². The Morgan fingerprint density at radius 1 is 1.09 bits per heavy atom. The van der Waals surface area contributed by atoms with Crippen LogP contribution in [0.1, 0.15) is 45.4 Å². The summed E-state index contributed by atoms with van der Waals surface area (Å²) in [6.45, 7) is 2.18. The predicted molar refractivity (Wildman–Crippen MR) is 40.5 cm³/mol. The molecule has 3 heteroatoms. The van der Waals surface area contributed by atoms with E-state index in [2.05, 4.69) is 16.7 Å². The van der Waals surface area contributed by atoms with Gasteiger partial charge in [0.05, 0.1) is 0 Å². The lowest BCUT2D eigenvalue weighted by molar-refractivity contribution is 0.0191. The van der Waals surface area contributed by atoms with Gasteiger partial charge in [0.1, 0.15) is 0 Å². The van der Waals surface area contributed by atoms with Gasteiger partial charge in [-0.2, -0.15) is 9.78 Å². The van der Waals surface area contributed by atoms with Crippen LogP contribution in [0.25, 0.3) is 0 Å². The van der Waals surface area contributed by atoms with Crippen LogP contribution >= 0.6 is 0 Å². The second kappa shape index (κ2) is 4.04. The van der Waals surface area contributed by atoms with Crippen LogP contribution < -0.4 is 0 Å². The Labute approximate surface area is 67.2 Å². The molecule has 1 saturated heterocycles. The lowest BCUT2D eigenvalue weighted by atomic mass is 10.1. The normalized spacial score (nSPS) is 20.2. The van der Waals surface area contributed by atoms with E-state index in [1.807, 2.05) is 0 Å². The molecular formula is C8H16O3. The molecule has 3 nitrogen and oxygen atoms in total. The second-order valence-corrected chi connectivity index (χ2v) is 3.04. The molecule has 1 aliphatic rings. The van der Waals surface area contributed by atoms with Crippen LogP contribution in [0.5, 0.6) is 0 Å². The highest BCUT2D eigenvalue weighted by molar-refractivity contribution is 4.57. The van der Waals surface area contributed by atoms with Crippen molar-refractivity contribution in [3.05, 3.63) is 0 Å². The number of rotatable bonds is 6. The van der Waals surface area contributed by atoms with Crippen molar-refractivity contribution < 1.29 is 14.9 Å². The second-order valence-electron chi connectivity index (χ2n) is 3.04. The Hall–Kier alpha value is -0.120. The van der Waals surface area contributed by atoms with Gasteiger partial charge in [0.15, 0.2) is 0 Å². The van der Waals surface area contributed by atoms with Crippen LogP contribution in [0.15, 0.2) is 0 Å². The zero-order valence-corrected chi connectivity index (χ0v) is 7.01. The van der Waals surface area contributed by atoms with Crippen LogP contribution in [0.2, 0.25) is 0 Å². The Balaban J connectivity index is 1.81. The van der Waals surface area contributed by atoms with Gasteiger partial charge in [0, 0.05) is 6.42 Å². The minimum absolute atomic E-state index is 0.608. The monoisotopic (exact) mass is 160 g/mol. The highest BCUT2D eigenvalue weighted by Gasteiger charge is 2.46. The molecule has 1 fully saturated rings. The maximum atomic E-state index is 9.04. The lowest BCUT2D eigenvalue weighted by Crippen LogP contribution is -2.07. The van der Waals surface area contributed by atoms with Crippen molar-refractivity contribution in [2.75, 3.05) is 0 Å². The molecule has 66 valence electrons. The molecule has 0 aliphatic carbocycles. The third kappa shape index (κ3) is 3.70. The van der Waals surface area contributed by atoms with E-state index in [4.69, 9.17) is 5.11 Å². The van der Waals surface area contributed by atoms with E-state index in [9.17, 15) is 0 Å². The first-order valence-corrected chi connectivity index (χ1v) is 4.36. The van der Waals surface area contributed by atoms with Gasteiger partial charge >= 0.3 is 5.97 Å². The molecule has 0 saturated carbocycles. The first-order valence-electron chi connectivity index (χ1n) is 4.36. The lowest BCUT2D eigenvalue weighted by Gasteiger charge is -1.98. The highest BCUT2D eigenvalue weighted by atomic mass is 17.4. The minimum Gasteiger partial charge on any atom is -0.340 e. The Morgan fingerprint density at radius 2 is 1.73 bits per heavy atom. The number of unbranched alkanes of at least 4 members (excludes halogenated alkanes) is 4. The predicted octanol–water partition coefficient (Wildman–Crippen LogP) is 1.95. The first-order chi connectivity index (χ1) is 5.27. The fourth-order valence-corrected chi connectivity index (χ4v) is 1.08. The van der Waals surface area contributed by atoms with Crippen LogP contribution in [-0.4, -0.2) is 11.1 Å². The molecule has 1 heterocycles. The quantitative estimate of drug-likeness (QED) is 0.367. The third-order valence-corrected chi connectivity index (χ3v) is 1.87. The van der Waals surface area contributed by atoms with E-state index >= 15 is 0 Å². The average Bonchev–Trinajstić information content (AvgIpc) is 2.69. The minimum atomic E-state index is -1.20. The maximum absolute atomic E-state index is 9.04. The van der Waals surface area contributed by atoms with Crippen molar-refractivity contribution in [2.45, 2.75) is 51.4 Å². The van der Waals surface area contributed by atoms with Gasteiger partial charge in [-0.15, -0.1) is 0 Å². The summed E-state index contributed by atoms with van der Waals surface area (Å²) in [6.07, 6.45) is 6.51. The highest BCUT2D eigenvalue weighted by Crippen LogP contribution is 2.31. The van der Waals surface area contributed by atoms with Gasteiger partial charge in [-0.25, -0.2) is 0 Å². The Morgan fingerprint density at radius 3 is 2.27 bits per heavy atom. The van der Waals surface area contributed by atoms with Crippen LogP contribution in [-0.2, 0) is 9.78 Å². The molecule has 0 unspecified atom stereocenters. The molecular weight excluding hydrogens is 144 g/mol. The standard InChI is InChI=1S/C8H16O3/c1-2-3-4-5-6-7-8(9)10-11-8/h9H,2-7H2,1H3. The molecule has 1 rings (SSSR count). The fraction of sp³-hybridized carbons (Fsp3) is 1.00. The SMILES string of the molecule is CCCCCCCC1(O)OO1. The summed E-state index contributed by atoms with van der Waals surface area (Å²) in [5.74, 6) is -1.20. The van der Waals surface area contributed by atoms with Gasteiger partial charge in [-0.1, -0.05) is 32.6 Å². The van der Waals surface area contributed by atoms with E-state index in [0.29, 0.717) is 6.42 Å². The maximum Gasteiger partial charge on any atom is 0.337 e. The van der Waals surface area contributed by atoms with Crippen molar-refractivity contribution in [2.24, 2.45) is 0 Å². The number of aliphatic hydroxyl groups is 1. The summed E-state index contributed by atoms with van der Waals surface area (Å²) in [4.78, 5) is 8.72. The average molecular weight is 160 g/mol. The molecule has 0 radical (unpaired) electrons. The Bertz CT molecular complexity index is 110. The van der Waals surface area contributed by atoms with Crippen LogP contribution in [0.3, 0.4) is 0 Å². The molecule has 0 spiro atoms. The zero-order chi connectivity index (χ0) is 8.16. The topological polar surface area (TPSA) is 45.3 Å². The third-order valence-electron chi connectivity index (χ3n) is 1.87. The van der Waals surface area contributed by atoms with Crippen molar-refractivity contribution >= 4 is 0 Å². The summed E-state index contributed by atoms with van der Waals surface area (Å²) in [5.41, 5.74) is 0. The summed E-state index contributed by atoms with van der Waals surface area (Å²) < 4.78 is 0. The van der Waals surface area contributed by atoms with Gasteiger partial charge in [-0.3, -0.25) is 0 Å². The number of hydrogen-bond donors (Lipinski definition) is 1. The van der Waals surface area contributed by atoms with Crippen molar-refractivity contribution in [3.63, 3.8) is 0 Å². The fourth-order valence-electron chi connectivity index (χ4n) is 1.08. The largest absolute Gasteiger partial charge is 0.340 e. The summed E-state index contributed by atoms with van der Waals surface area (Å²) in [6, 6.07) is 0. The van der Waals surface area contributed by atoms with E-state index in [1.54, 1.807) is 0 Å². The molecule has 0 aromatic carbocycles. The molecule has 0 aromatic rings. The zero-order valence-electron chi connectivity index (χ0n) is 7.01. The van der Waals surface area contributed by atoms with Gasteiger partial charge in [-0.05, 0) is 6.42 Å². The van der Waals surface area contributed by atoms with E-state index < -0.39 is 5.97 Å². The van der Waals surface area contributed by atoms with Crippen molar-refractivity contribution in [1.82, 2.24) is 0 Å². The van der Waals surface area contributed by atoms with Crippen LogP contribution in [0.4, 0.5) is 0 Å². The first kappa shape index (κ1) is 8.97. The molecule has 1 aliphatic heterocycles. The molecule has 11 heavy (non-hydrogen) atoms. The molecule has 0 atom stereocenters. The van der Waals surface area contributed by atoms with Gasteiger partial charge in [0.25, 0.3) is 0 Å². The molecule has 0 aromatic heterocycles. The van der Waals surface area contributed by atoms with Crippen molar-refractivity contribution in [3.8, 4) is 0 Å². The summed E-state index contributed by atoms with van der Waals surface area (Å²) in [7, 11) is 0. The van der Waals surface area contributed by atoms with E-state index in [-0.39, 0.29) is 0 Å². The number of hydrogen-bond acceptors (Lipinski definition) is 3. The smallest absolute Gasteiger partial charge is 0.337 e. The molecule has 0 bridgehead atoms. The summed E-state index contributed by atoms with van der Waals surface area (Å²) >= 11 is 0.